The normalized spacial score (nSPS) is 11.0. The number of nitrogens with zero attached hydrogens (tertiary/aromatic N) is 2. The first kappa shape index (κ1) is 16.2. The lowest BCUT2D eigenvalue weighted by molar-refractivity contribution is -0.143. The third-order valence-corrected chi connectivity index (χ3v) is 2.64. The maximum absolute atomic E-state index is 13.7. The molecule has 0 aliphatic carbocycles. The number of rotatable bonds is 1. The molecule has 2 rings (SSSR count). The zero-order valence-corrected chi connectivity index (χ0v) is 11.7. The van der Waals surface area contributed by atoms with E-state index in [-0.39, 0.29) is 11.4 Å². The van der Waals surface area contributed by atoms with Crippen molar-refractivity contribution in [3.8, 4) is 11.4 Å². The molecule has 20 heavy (non-hydrogen) atoms. The number of hydrogen-bond donors (Lipinski definition) is 0. The van der Waals surface area contributed by atoms with Crippen LogP contribution in [0.1, 0.15) is 25.1 Å². The van der Waals surface area contributed by atoms with Gasteiger partial charge in [0.2, 0.25) is 0 Å². The lowest BCUT2D eigenvalue weighted by Crippen LogP contribution is -2.11. The van der Waals surface area contributed by atoms with Crippen molar-refractivity contribution in [1.29, 1.82) is 0 Å². The lowest BCUT2D eigenvalue weighted by atomic mass is 10.1. The minimum Gasteiger partial charge on any atom is -0.324 e. The van der Waals surface area contributed by atoms with E-state index in [1.807, 2.05) is 13.8 Å². The first-order chi connectivity index (χ1) is 9.30. The SMILES string of the molecule is CC.Cc1ccc(-c2ncc(C(F)(F)F)n2C)c(F)c1. The van der Waals surface area contributed by atoms with Crippen LogP contribution in [0.25, 0.3) is 11.4 Å². The van der Waals surface area contributed by atoms with E-state index < -0.39 is 17.7 Å². The Labute approximate surface area is 115 Å². The van der Waals surface area contributed by atoms with Crippen LogP contribution < -0.4 is 0 Å². The Morgan fingerprint density at radius 2 is 1.75 bits per heavy atom. The number of halogens is 4. The van der Waals surface area contributed by atoms with E-state index in [2.05, 4.69) is 4.98 Å². The van der Waals surface area contributed by atoms with Crippen LogP contribution >= 0.6 is 0 Å². The van der Waals surface area contributed by atoms with E-state index >= 15 is 0 Å². The summed E-state index contributed by atoms with van der Waals surface area (Å²) in [5.41, 5.74) is -0.155. The highest BCUT2D eigenvalue weighted by Gasteiger charge is 2.35. The minimum absolute atomic E-state index is 0.0418. The first-order valence-corrected chi connectivity index (χ1v) is 6.16. The molecule has 0 bridgehead atoms. The Morgan fingerprint density at radius 3 is 2.20 bits per heavy atom. The summed E-state index contributed by atoms with van der Waals surface area (Å²) in [6.07, 6.45) is -3.80. The number of hydrogen-bond acceptors (Lipinski definition) is 1. The van der Waals surface area contributed by atoms with Crippen molar-refractivity contribution in [3.05, 3.63) is 41.5 Å². The smallest absolute Gasteiger partial charge is 0.324 e. The van der Waals surface area contributed by atoms with Crippen molar-refractivity contribution < 1.29 is 17.6 Å². The topological polar surface area (TPSA) is 17.8 Å². The summed E-state index contributed by atoms with van der Waals surface area (Å²) in [4.78, 5) is 3.65. The Balaban J connectivity index is 0.000000956. The van der Waals surface area contributed by atoms with Gasteiger partial charge in [0, 0.05) is 7.05 Å². The van der Waals surface area contributed by atoms with Crippen molar-refractivity contribution in [2.45, 2.75) is 26.9 Å². The summed E-state index contributed by atoms with van der Waals surface area (Å²) < 4.78 is 52.3. The largest absolute Gasteiger partial charge is 0.433 e. The summed E-state index contributed by atoms with van der Waals surface area (Å²) >= 11 is 0. The molecule has 6 heteroatoms. The summed E-state index contributed by atoms with van der Waals surface area (Å²) in [7, 11) is 1.21. The first-order valence-electron chi connectivity index (χ1n) is 6.16. The second-order valence-electron chi connectivity index (χ2n) is 4.01. The van der Waals surface area contributed by atoms with E-state index in [0.717, 1.165) is 4.57 Å². The molecule has 0 amide bonds. The molecule has 0 saturated carbocycles. The average Bonchev–Trinajstić information content (AvgIpc) is 2.73. The molecular weight excluding hydrogens is 272 g/mol. The van der Waals surface area contributed by atoms with Crippen LogP contribution in [0.3, 0.4) is 0 Å². The van der Waals surface area contributed by atoms with E-state index in [1.165, 1.54) is 19.2 Å². The molecule has 0 aliphatic heterocycles. The fraction of sp³-hybridized carbons (Fsp3) is 0.357. The molecule has 0 saturated heterocycles. The van der Waals surface area contributed by atoms with Gasteiger partial charge >= 0.3 is 6.18 Å². The number of benzene rings is 1. The van der Waals surface area contributed by atoms with Gasteiger partial charge in [0.25, 0.3) is 0 Å². The molecule has 2 aromatic rings. The molecule has 2 nitrogen and oxygen atoms in total. The third-order valence-electron chi connectivity index (χ3n) is 2.64. The van der Waals surface area contributed by atoms with Gasteiger partial charge in [-0.1, -0.05) is 19.9 Å². The van der Waals surface area contributed by atoms with Gasteiger partial charge in [-0.2, -0.15) is 13.2 Å². The second-order valence-corrected chi connectivity index (χ2v) is 4.01. The van der Waals surface area contributed by atoms with Gasteiger partial charge < -0.3 is 4.57 Å². The molecule has 0 aliphatic rings. The van der Waals surface area contributed by atoms with Crippen molar-refractivity contribution in [2.75, 3.05) is 0 Å². The van der Waals surface area contributed by atoms with Crippen LogP contribution in [-0.2, 0) is 13.2 Å². The number of imidazole rings is 1. The number of aromatic nitrogens is 2. The van der Waals surface area contributed by atoms with Gasteiger partial charge in [-0.15, -0.1) is 0 Å². The summed E-state index contributed by atoms with van der Waals surface area (Å²) in [6, 6.07) is 4.31. The van der Waals surface area contributed by atoms with Crippen molar-refractivity contribution in [2.24, 2.45) is 7.05 Å². The quantitative estimate of drug-likeness (QED) is 0.702. The van der Waals surface area contributed by atoms with E-state index in [9.17, 15) is 17.6 Å². The Morgan fingerprint density at radius 1 is 1.15 bits per heavy atom. The summed E-state index contributed by atoms with van der Waals surface area (Å²) in [5, 5.41) is 0. The lowest BCUT2D eigenvalue weighted by Gasteiger charge is -2.09. The van der Waals surface area contributed by atoms with Crippen LogP contribution in [0.5, 0.6) is 0 Å². The van der Waals surface area contributed by atoms with Crippen LogP contribution in [-0.4, -0.2) is 9.55 Å². The van der Waals surface area contributed by atoms with Crippen LogP contribution in [0.4, 0.5) is 17.6 Å². The van der Waals surface area contributed by atoms with Crippen molar-refractivity contribution >= 4 is 0 Å². The van der Waals surface area contributed by atoms with Gasteiger partial charge in [-0.25, -0.2) is 9.37 Å². The maximum atomic E-state index is 13.7. The molecule has 0 spiro atoms. The van der Waals surface area contributed by atoms with Gasteiger partial charge in [-0.3, -0.25) is 0 Å². The molecule has 1 aromatic carbocycles. The van der Waals surface area contributed by atoms with Crippen LogP contribution in [0.2, 0.25) is 0 Å². The Hall–Kier alpha value is -1.85. The standard InChI is InChI=1S/C12H10F4N2.C2H6/c1-7-3-4-8(9(13)5-7)11-17-6-10(18(11)2)12(14,15)16;1-2/h3-6H,1-2H3;1-2H3. The maximum Gasteiger partial charge on any atom is 0.433 e. The molecule has 0 atom stereocenters. The molecule has 0 fully saturated rings. The Bertz CT molecular complexity index is 585. The monoisotopic (exact) mass is 288 g/mol. The van der Waals surface area contributed by atoms with E-state index in [1.54, 1.807) is 13.0 Å². The minimum atomic E-state index is -4.50. The molecule has 0 N–H and O–H groups in total. The van der Waals surface area contributed by atoms with Crippen molar-refractivity contribution in [3.63, 3.8) is 0 Å². The predicted molar refractivity (Wildman–Crippen MR) is 69.7 cm³/mol. The summed E-state index contributed by atoms with van der Waals surface area (Å²) in [6.45, 7) is 5.70. The van der Waals surface area contributed by atoms with Crippen molar-refractivity contribution in [1.82, 2.24) is 9.55 Å². The highest BCUT2D eigenvalue weighted by molar-refractivity contribution is 5.57. The Kier molecular flexibility index (Phi) is 4.92. The molecule has 0 unspecified atom stereocenters. The third kappa shape index (κ3) is 3.18. The van der Waals surface area contributed by atoms with E-state index in [0.29, 0.717) is 11.8 Å². The predicted octanol–water partition coefficient (Wildman–Crippen LogP) is 4.58. The van der Waals surface area contributed by atoms with Gasteiger partial charge in [0.05, 0.1) is 11.8 Å². The van der Waals surface area contributed by atoms with Crippen LogP contribution in [0.15, 0.2) is 24.4 Å². The van der Waals surface area contributed by atoms with Gasteiger partial charge in [0.15, 0.2) is 0 Å². The molecule has 1 aromatic heterocycles. The zero-order chi connectivity index (χ0) is 15.5. The number of aryl methyl sites for hydroxylation is 1. The highest BCUT2D eigenvalue weighted by Crippen LogP contribution is 2.32. The highest BCUT2D eigenvalue weighted by atomic mass is 19.4. The molecule has 1 heterocycles. The summed E-state index contributed by atoms with van der Waals surface area (Å²) in [5.74, 6) is -0.628. The molecule has 0 radical (unpaired) electrons. The molecule has 110 valence electrons. The van der Waals surface area contributed by atoms with Gasteiger partial charge in [0.1, 0.15) is 17.3 Å². The average molecular weight is 288 g/mol. The zero-order valence-electron chi connectivity index (χ0n) is 11.7. The number of alkyl halides is 3. The second kappa shape index (κ2) is 6.07. The molecular formula is C14H16F4N2. The fourth-order valence-electron chi connectivity index (χ4n) is 1.72. The fourth-order valence-corrected chi connectivity index (χ4v) is 1.72. The van der Waals surface area contributed by atoms with Crippen LogP contribution in [0, 0.1) is 12.7 Å². The van der Waals surface area contributed by atoms with Gasteiger partial charge in [-0.05, 0) is 24.6 Å². The van der Waals surface area contributed by atoms with E-state index in [4.69, 9.17) is 0 Å².